The fraction of sp³-hybridized carbons (Fsp3) is 0.300. The van der Waals surface area contributed by atoms with Crippen molar-refractivity contribution in [3.8, 4) is 0 Å². The number of aryl methyl sites for hydroxylation is 3. The van der Waals surface area contributed by atoms with Gasteiger partial charge in [0, 0.05) is 25.4 Å². The number of fused-ring (bicyclic) bond motifs is 1. The summed E-state index contributed by atoms with van der Waals surface area (Å²) < 4.78 is 1.80. The number of carbonyl (C=O) groups excluding carboxylic acids is 2. The average Bonchev–Trinajstić information content (AvgIpc) is 2.98. The number of imidazole rings is 1. The third-order valence-corrected chi connectivity index (χ3v) is 4.28. The van der Waals surface area contributed by atoms with E-state index in [0.29, 0.717) is 36.6 Å². The number of amides is 2. The number of pyridine rings is 2. The summed E-state index contributed by atoms with van der Waals surface area (Å²) in [5.41, 5.74) is 4.05. The van der Waals surface area contributed by atoms with E-state index in [9.17, 15) is 9.59 Å². The van der Waals surface area contributed by atoms with E-state index in [4.69, 9.17) is 0 Å². The van der Waals surface area contributed by atoms with Gasteiger partial charge in [0.1, 0.15) is 17.2 Å². The smallest absolute Gasteiger partial charge is 0.270 e. The van der Waals surface area contributed by atoms with Gasteiger partial charge in [0.2, 0.25) is 5.91 Å². The van der Waals surface area contributed by atoms with Crippen molar-refractivity contribution in [2.75, 3.05) is 11.9 Å². The lowest BCUT2D eigenvalue weighted by Gasteiger charge is -2.07. The second-order valence-corrected chi connectivity index (χ2v) is 6.56. The molecule has 0 bridgehead atoms. The van der Waals surface area contributed by atoms with Crippen LogP contribution >= 0.6 is 0 Å². The van der Waals surface area contributed by atoms with Crippen molar-refractivity contribution in [3.05, 3.63) is 59.2 Å². The standard InChI is InChI=1S/C20H23N5O2/c1-13-8-9-16(22-12-13)24-17(26)7-4-10-21-20(27)18-15(3)23-19-14(2)6-5-11-25(18)19/h5-6,8-9,11-12H,4,7,10H2,1-3H3,(H,21,27)(H,22,24,26). The van der Waals surface area contributed by atoms with Crippen molar-refractivity contribution in [2.24, 2.45) is 0 Å². The lowest BCUT2D eigenvalue weighted by atomic mass is 10.2. The van der Waals surface area contributed by atoms with Crippen LogP contribution in [-0.4, -0.2) is 32.7 Å². The highest BCUT2D eigenvalue weighted by Crippen LogP contribution is 2.15. The lowest BCUT2D eigenvalue weighted by Crippen LogP contribution is -2.27. The summed E-state index contributed by atoms with van der Waals surface area (Å²) in [7, 11) is 0. The molecule has 0 unspecified atom stereocenters. The van der Waals surface area contributed by atoms with Crippen molar-refractivity contribution in [3.63, 3.8) is 0 Å². The predicted octanol–water partition coefficient (Wildman–Crippen LogP) is 2.80. The molecule has 0 aliphatic heterocycles. The topological polar surface area (TPSA) is 88.4 Å². The van der Waals surface area contributed by atoms with Crippen LogP contribution in [0.2, 0.25) is 0 Å². The third kappa shape index (κ3) is 4.31. The number of rotatable bonds is 6. The first kappa shape index (κ1) is 18.6. The molecule has 2 N–H and O–H groups in total. The number of nitrogens with zero attached hydrogens (tertiary/aromatic N) is 3. The summed E-state index contributed by atoms with van der Waals surface area (Å²) in [6.45, 7) is 6.13. The number of aromatic nitrogens is 3. The van der Waals surface area contributed by atoms with Gasteiger partial charge in [-0.2, -0.15) is 0 Å². The summed E-state index contributed by atoms with van der Waals surface area (Å²) in [6.07, 6.45) is 4.38. The van der Waals surface area contributed by atoms with Crippen LogP contribution in [0.5, 0.6) is 0 Å². The van der Waals surface area contributed by atoms with E-state index >= 15 is 0 Å². The van der Waals surface area contributed by atoms with E-state index in [1.54, 1.807) is 16.7 Å². The fourth-order valence-corrected chi connectivity index (χ4v) is 2.87. The summed E-state index contributed by atoms with van der Waals surface area (Å²) in [5.74, 6) is 0.222. The molecule has 0 aromatic carbocycles. The van der Waals surface area contributed by atoms with Crippen LogP contribution in [0.3, 0.4) is 0 Å². The maximum absolute atomic E-state index is 12.5. The second-order valence-electron chi connectivity index (χ2n) is 6.56. The molecule has 0 aliphatic rings. The first-order valence-electron chi connectivity index (χ1n) is 8.90. The molecule has 3 aromatic heterocycles. The number of hydrogen-bond acceptors (Lipinski definition) is 4. The van der Waals surface area contributed by atoms with Crippen LogP contribution in [0, 0.1) is 20.8 Å². The van der Waals surface area contributed by atoms with Gasteiger partial charge in [-0.1, -0.05) is 12.1 Å². The van der Waals surface area contributed by atoms with Crippen LogP contribution < -0.4 is 10.6 Å². The Balaban J connectivity index is 1.51. The first-order valence-corrected chi connectivity index (χ1v) is 8.90. The summed E-state index contributed by atoms with van der Waals surface area (Å²) >= 11 is 0. The maximum Gasteiger partial charge on any atom is 0.270 e. The van der Waals surface area contributed by atoms with Gasteiger partial charge in [0.25, 0.3) is 5.91 Å². The molecule has 7 heteroatoms. The normalized spacial score (nSPS) is 10.8. The largest absolute Gasteiger partial charge is 0.351 e. The molecule has 0 fully saturated rings. The zero-order chi connectivity index (χ0) is 19.4. The van der Waals surface area contributed by atoms with E-state index in [1.165, 1.54) is 0 Å². The van der Waals surface area contributed by atoms with Crippen LogP contribution in [0.25, 0.3) is 5.65 Å². The van der Waals surface area contributed by atoms with E-state index in [0.717, 1.165) is 16.8 Å². The van der Waals surface area contributed by atoms with Crippen LogP contribution in [0.4, 0.5) is 5.82 Å². The minimum absolute atomic E-state index is 0.123. The van der Waals surface area contributed by atoms with Gasteiger partial charge < -0.3 is 10.6 Å². The summed E-state index contributed by atoms with van der Waals surface area (Å²) in [6, 6.07) is 7.52. The Bertz CT molecular complexity index is 976. The van der Waals surface area contributed by atoms with Crippen LogP contribution in [0.1, 0.15) is 40.2 Å². The van der Waals surface area contributed by atoms with Gasteiger partial charge in [-0.05, 0) is 50.5 Å². The van der Waals surface area contributed by atoms with Crippen molar-refractivity contribution in [2.45, 2.75) is 33.6 Å². The fourth-order valence-electron chi connectivity index (χ4n) is 2.87. The molecule has 0 saturated carbocycles. The lowest BCUT2D eigenvalue weighted by molar-refractivity contribution is -0.116. The number of carbonyl (C=O) groups is 2. The molecule has 0 radical (unpaired) electrons. The summed E-state index contributed by atoms with van der Waals surface area (Å²) in [5, 5.41) is 5.62. The van der Waals surface area contributed by atoms with Gasteiger partial charge in [0.15, 0.2) is 0 Å². The molecule has 3 rings (SSSR count). The molecule has 2 amide bonds. The Kier molecular flexibility index (Phi) is 5.49. The van der Waals surface area contributed by atoms with Gasteiger partial charge in [0.05, 0.1) is 5.69 Å². The van der Waals surface area contributed by atoms with Gasteiger partial charge >= 0.3 is 0 Å². The molecule has 3 heterocycles. The Hall–Kier alpha value is -3.22. The second kappa shape index (κ2) is 7.99. The minimum Gasteiger partial charge on any atom is -0.351 e. The zero-order valence-electron chi connectivity index (χ0n) is 15.7. The molecule has 0 aliphatic carbocycles. The Morgan fingerprint density at radius 3 is 2.70 bits per heavy atom. The average molecular weight is 365 g/mol. The first-order chi connectivity index (χ1) is 13.0. The monoisotopic (exact) mass is 365 g/mol. The predicted molar refractivity (Wildman–Crippen MR) is 104 cm³/mol. The highest BCUT2D eigenvalue weighted by molar-refractivity contribution is 5.95. The highest BCUT2D eigenvalue weighted by Gasteiger charge is 2.17. The van der Waals surface area contributed by atoms with Crippen LogP contribution in [-0.2, 0) is 4.79 Å². The molecule has 3 aromatic rings. The molecule has 27 heavy (non-hydrogen) atoms. The zero-order valence-corrected chi connectivity index (χ0v) is 15.7. The maximum atomic E-state index is 12.5. The van der Waals surface area contributed by atoms with Gasteiger partial charge in [-0.15, -0.1) is 0 Å². The van der Waals surface area contributed by atoms with Crippen molar-refractivity contribution in [1.82, 2.24) is 19.7 Å². The number of nitrogens with one attached hydrogen (secondary N) is 2. The Morgan fingerprint density at radius 2 is 1.96 bits per heavy atom. The quantitative estimate of drug-likeness (QED) is 0.658. The minimum atomic E-state index is -0.189. The van der Waals surface area contributed by atoms with Crippen LogP contribution in [0.15, 0.2) is 36.7 Å². The van der Waals surface area contributed by atoms with E-state index in [1.807, 2.05) is 45.2 Å². The Morgan fingerprint density at radius 1 is 1.15 bits per heavy atom. The van der Waals surface area contributed by atoms with Crippen molar-refractivity contribution >= 4 is 23.3 Å². The molecular weight excluding hydrogens is 342 g/mol. The van der Waals surface area contributed by atoms with Gasteiger partial charge in [-0.25, -0.2) is 9.97 Å². The van der Waals surface area contributed by atoms with E-state index in [2.05, 4.69) is 20.6 Å². The SMILES string of the molecule is Cc1ccc(NC(=O)CCCNC(=O)c2c(C)nc3c(C)cccn23)nc1. The molecule has 7 nitrogen and oxygen atoms in total. The molecule has 0 atom stereocenters. The number of hydrogen-bond donors (Lipinski definition) is 2. The van der Waals surface area contributed by atoms with Crippen molar-refractivity contribution in [1.29, 1.82) is 0 Å². The van der Waals surface area contributed by atoms with E-state index in [-0.39, 0.29) is 11.8 Å². The Labute approximate surface area is 157 Å². The molecule has 140 valence electrons. The third-order valence-electron chi connectivity index (χ3n) is 4.28. The summed E-state index contributed by atoms with van der Waals surface area (Å²) in [4.78, 5) is 33.1. The molecule has 0 spiro atoms. The highest BCUT2D eigenvalue weighted by atomic mass is 16.2. The van der Waals surface area contributed by atoms with Crippen molar-refractivity contribution < 1.29 is 9.59 Å². The van der Waals surface area contributed by atoms with Gasteiger partial charge in [-0.3, -0.25) is 14.0 Å². The molecule has 0 saturated heterocycles. The number of anilines is 1. The van der Waals surface area contributed by atoms with E-state index < -0.39 is 0 Å². The molecular formula is C20H23N5O2.